The van der Waals surface area contributed by atoms with Crippen LogP contribution in [0, 0.1) is 6.92 Å². The number of nitrogens with zero attached hydrogens (tertiary/aromatic N) is 2. The van der Waals surface area contributed by atoms with Crippen molar-refractivity contribution in [3.63, 3.8) is 0 Å². The number of hydrogen-bond donors (Lipinski definition) is 1. The molecule has 2 aromatic carbocycles. The number of aliphatic hydroxyl groups is 1. The highest BCUT2D eigenvalue weighted by molar-refractivity contribution is 8.15. The lowest BCUT2D eigenvalue weighted by atomic mass is 9.93. The van der Waals surface area contributed by atoms with E-state index in [1.165, 1.54) is 5.56 Å². The number of carbonyl (C=O) groups is 1. The quantitative estimate of drug-likeness (QED) is 0.549. The lowest BCUT2D eigenvalue weighted by molar-refractivity contribution is -0.130. The van der Waals surface area contributed by atoms with Crippen molar-refractivity contribution in [1.29, 1.82) is 0 Å². The highest BCUT2D eigenvalue weighted by Crippen LogP contribution is 2.32. The van der Waals surface area contributed by atoms with Gasteiger partial charge in [-0.25, -0.2) is 0 Å². The Morgan fingerprint density at radius 3 is 2.44 bits per heavy atom. The minimum Gasteiger partial charge on any atom is -0.513 e. The average molecular weight is 453 g/mol. The van der Waals surface area contributed by atoms with E-state index in [0.29, 0.717) is 6.61 Å². The Morgan fingerprint density at radius 1 is 1.19 bits per heavy atom. The zero-order valence-electron chi connectivity index (χ0n) is 19.4. The van der Waals surface area contributed by atoms with Crippen LogP contribution in [0.25, 0.3) is 0 Å². The summed E-state index contributed by atoms with van der Waals surface area (Å²) in [5.41, 5.74) is 3.25. The number of likely N-dealkylation sites (N-methyl/N-ethyl adjacent to an activating group) is 1. The molecule has 0 aromatic heterocycles. The predicted octanol–water partition coefficient (Wildman–Crippen LogP) is 5.35. The molecule has 5 nitrogen and oxygen atoms in total. The molecule has 0 spiro atoms. The molecule has 2 aromatic rings. The van der Waals surface area contributed by atoms with Crippen LogP contribution in [0.2, 0.25) is 0 Å². The number of allylic oxidation sites excluding steroid dienone is 2. The first kappa shape index (κ1) is 23.9. The highest BCUT2D eigenvalue weighted by Gasteiger charge is 2.28. The van der Waals surface area contributed by atoms with Gasteiger partial charge >= 0.3 is 0 Å². The third kappa shape index (κ3) is 5.94. The molecule has 1 aliphatic heterocycles. The number of ether oxygens (including phenoxy) is 1. The Kier molecular flexibility index (Phi) is 8.02. The first-order valence-electron chi connectivity index (χ1n) is 10.9. The second-order valence-electron chi connectivity index (χ2n) is 8.35. The van der Waals surface area contributed by atoms with Crippen molar-refractivity contribution in [3.8, 4) is 5.75 Å². The summed E-state index contributed by atoms with van der Waals surface area (Å²) in [4.78, 5) is 19.0. The Bertz CT molecular complexity index is 981. The van der Waals surface area contributed by atoms with Gasteiger partial charge in [0.15, 0.2) is 0 Å². The first-order valence-corrected chi connectivity index (χ1v) is 11.8. The van der Waals surface area contributed by atoms with E-state index < -0.39 is 5.92 Å². The molecule has 1 N–H and O–H groups in total. The van der Waals surface area contributed by atoms with Crippen molar-refractivity contribution >= 4 is 22.7 Å². The molecule has 1 amide bonds. The summed E-state index contributed by atoms with van der Waals surface area (Å²) in [5.74, 6) is 0.508. The van der Waals surface area contributed by atoms with Crippen LogP contribution in [-0.4, -0.2) is 53.0 Å². The minimum atomic E-state index is -0.425. The van der Waals surface area contributed by atoms with Gasteiger partial charge in [-0.2, -0.15) is 0 Å². The van der Waals surface area contributed by atoms with Crippen molar-refractivity contribution in [3.05, 3.63) is 77.1 Å². The molecule has 1 aliphatic rings. The second kappa shape index (κ2) is 10.7. The lowest BCUT2D eigenvalue weighted by Crippen LogP contribution is -2.28. The molecule has 32 heavy (non-hydrogen) atoms. The SMILES string of the molecule is C/C=C(\O)C[C@H](C(=O)N(C)C)c1ccc(OCC2SC(c3ccc(C)cc3)=NC2C)cc1. The largest absolute Gasteiger partial charge is 0.513 e. The first-order chi connectivity index (χ1) is 15.3. The summed E-state index contributed by atoms with van der Waals surface area (Å²) in [5, 5.41) is 11.3. The fourth-order valence-corrected chi connectivity index (χ4v) is 4.69. The van der Waals surface area contributed by atoms with Gasteiger partial charge in [0.05, 0.1) is 28.0 Å². The zero-order valence-corrected chi connectivity index (χ0v) is 20.2. The van der Waals surface area contributed by atoms with Gasteiger partial charge in [-0.15, -0.1) is 0 Å². The van der Waals surface area contributed by atoms with Crippen molar-refractivity contribution in [2.24, 2.45) is 4.99 Å². The van der Waals surface area contributed by atoms with Crippen molar-refractivity contribution < 1.29 is 14.6 Å². The standard InChI is InChI=1S/C26H32N2O3S/c1-6-21(29)15-23(26(30)28(4)5)19-11-13-22(14-12-19)31-16-24-18(3)27-25(32-24)20-9-7-17(2)8-10-20/h6-14,18,23-24,29H,15-16H2,1-5H3/b21-6-/t18?,23-,24?/m0/s1. The Labute approximate surface area is 195 Å². The van der Waals surface area contributed by atoms with Crippen molar-refractivity contribution in [2.45, 2.75) is 44.4 Å². The Balaban J connectivity index is 1.62. The van der Waals surface area contributed by atoms with E-state index in [2.05, 4.69) is 38.1 Å². The summed E-state index contributed by atoms with van der Waals surface area (Å²) in [6, 6.07) is 16.2. The number of carbonyl (C=O) groups excluding carboxylic acids is 1. The molecule has 170 valence electrons. The van der Waals surface area contributed by atoms with Gasteiger partial charge in [0.2, 0.25) is 5.91 Å². The van der Waals surface area contributed by atoms with Gasteiger partial charge < -0.3 is 14.7 Å². The molecule has 0 fully saturated rings. The van der Waals surface area contributed by atoms with Crippen LogP contribution in [0.5, 0.6) is 5.75 Å². The summed E-state index contributed by atoms with van der Waals surface area (Å²) in [6.45, 7) is 6.53. The molecule has 1 heterocycles. The fourth-order valence-electron chi connectivity index (χ4n) is 3.51. The zero-order chi connectivity index (χ0) is 23.3. The number of aliphatic imine (C=N–C) groups is 1. The lowest BCUT2D eigenvalue weighted by Gasteiger charge is -2.21. The van der Waals surface area contributed by atoms with Gasteiger partial charge in [-0.1, -0.05) is 53.7 Å². The normalized spacial score (nSPS) is 19.4. The van der Waals surface area contributed by atoms with Gasteiger partial charge in [0, 0.05) is 26.1 Å². The van der Waals surface area contributed by atoms with Crippen LogP contribution in [0.15, 0.2) is 65.4 Å². The van der Waals surface area contributed by atoms with E-state index in [1.54, 1.807) is 43.8 Å². The topological polar surface area (TPSA) is 62.1 Å². The van der Waals surface area contributed by atoms with E-state index in [1.807, 2.05) is 24.3 Å². The van der Waals surface area contributed by atoms with Crippen molar-refractivity contribution in [2.75, 3.05) is 20.7 Å². The molecule has 3 atom stereocenters. The van der Waals surface area contributed by atoms with Gasteiger partial charge in [-0.3, -0.25) is 9.79 Å². The van der Waals surface area contributed by atoms with E-state index in [-0.39, 0.29) is 29.4 Å². The molecule has 2 unspecified atom stereocenters. The Hall–Kier alpha value is -2.73. The van der Waals surface area contributed by atoms with Crippen LogP contribution in [-0.2, 0) is 4.79 Å². The number of benzene rings is 2. The third-order valence-corrected chi connectivity index (χ3v) is 7.00. The van der Waals surface area contributed by atoms with Crippen molar-refractivity contribution in [1.82, 2.24) is 4.90 Å². The summed E-state index contributed by atoms with van der Waals surface area (Å²) < 4.78 is 6.06. The molecular weight excluding hydrogens is 420 g/mol. The third-order valence-electron chi connectivity index (χ3n) is 5.60. The van der Waals surface area contributed by atoms with Crippen LogP contribution >= 0.6 is 11.8 Å². The van der Waals surface area contributed by atoms with E-state index >= 15 is 0 Å². The monoisotopic (exact) mass is 452 g/mol. The average Bonchev–Trinajstić information content (AvgIpc) is 3.16. The van der Waals surface area contributed by atoms with Gasteiger partial charge in [0.25, 0.3) is 0 Å². The number of amides is 1. The molecule has 0 bridgehead atoms. The molecule has 3 rings (SSSR count). The number of aryl methyl sites for hydroxylation is 1. The fraction of sp³-hybridized carbons (Fsp3) is 0.385. The van der Waals surface area contributed by atoms with Gasteiger partial charge in [0.1, 0.15) is 12.4 Å². The summed E-state index contributed by atoms with van der Waals surface area (Å²) in [7, 11) is 3.46. The number of rotatable bonds is 8. The molecular formula is C26H32N2O3S. The van der Waals surface area contributed by atoms with E-state index in [9.17, 15) is 9.90 Å². The second-order valence-corrected chi connectivity index (χ2v) is 9.57. The summed E-state index contributed by atoms with van der Waals surface area (Å²) >= 11 is 1.76. The number of aliphatic hydroxyl groups excluding tert-OH is 1. The highest BCUT2D eigenvalue weighted by atomic mass is 32.2. The van der Waals surface area contributed by atoms with Crippen LogP contribution < -0.4 is 4.74 Å². The maximum atomic E-state index is 12.6. The van der Waals surface area contributed by atoms with Crippen LogP contribution in [0.3, 0.4) is 0 Å². The maximum absolute atomic E-state index is 12.6. The van der Waals surface area contributed by atoms with E-state index in [0.717, 1.165) is 21.9 Å². The number of hydrogen-bond acceptors (Lipinski definition) is 5. The van der Waals surface area contributed by atoms with E-state index in [4.69, 9.17) is 9.73 Å². The summed E-state index contributed by atoms with van der Waals surface area (Å²) in [6.07, 6.45) is 1.91. The maximum Gasteiger partial charge on any atom is 0.230 e. The van der Waals surface area contributed by atoms with Gasteiger partial charge in [-0.05, 0) is 44.5 Å². The molecule has 6 heteroatoms. The number of thioether (sulfide) groups is 1. The van der Waals surface area contributed by atoms with Crippen LogP contribution in [0.1, 0.15) is 42.9 Å². The predicted molar refractivity (Wildman–Crippen MR) is 133 cm³/mol. The molecule has 0 aliphatic carbocycles. The molecule has 0 saturated carbocycles. The molecule has 0 saturated heterocycles. The van der Waals surface area contributed by atoms with Crippen LogP contribution in [0.4, 0.5) is 0 Å². The smallest absolute Gasteiger partial charge is 0.230 e. The minimum absolute atomic E-state index is 0.0379. The molecule has 0 radical (unpaired) electrons. The Morgan fingerprint density at radius 2 is 1.84 bits per heavy atom.